The molecule has 1 rings (SSSR count). The molecule has 1 fully saturated rings. The maximum atomic E-state index is 5.22. The van der Waals surface area contributed by atoms with E-state index in [9.17, 15) is 0 Å². The molecule has 0 radical (unpaired) electrons. The minimum Gasteiger partial charge on any atom is -0.384 e. The Balaban J connectivity index is 2.24. The maximum absolute atomic E-state index is 5.22. The zero-order valence-corrected chi connectivity index (χ0v) is 7.42. The van der Waals surface area contributed by atoms with Crippen molar-refractivity contribution in [2.75, 3.05) is 27.9 Å². The summed E-state index contributed by atoms with van der Waals surface area (Å²) >= 11 is 0. The van der Waals surface area contributed by atoms with E-state index in [1.165, 1.54) is 0 Å². The molecule has 0 unspecified atom stereocenters. The molecule has 0 heterocycles. The van der Waals surface area contributed by atoms with Gasteiger partial charge in [0.15, 0.2) is 5.79 Å². The molecular formula is C8H16O3. The average molecular weight is 160 g/mol. The molecule has 66 valence electrons. The number of methoxy groups -OCH3 is 3. The summed E-state index contributed by atoms with van der Waals surface area (Å²) in [6.45, 7) is 0.814. The second-order valence-electron chi connectivity index (χ2n) is 3.05. The van der Waals surface area contributed by atoms with E-state index in [4.69, 9.17) is 14.2 Å². The van der Waals surface area contributed by atoms with E-state index >= 15 is 0 Å². The van der Waals surface area contributed by atoms with Gasteiger partial charge in [0.2, 0.25) is 0 Å². The highest BCUT2D eigenvalue weighted by atomic mass is 16.7. The first-order valence-electron chi connectivity index (χ1n) is 3.85. The number of ether oxygens (including phenoxy) is 3. The van der Waals surface area contributed by atoms with E-state index in [0.29, 0.717) is 5.92 Å². The minimum atomic E-state index is -0.302. The van der Waals surface area contributed by atoms with Gasteiger partial charge < -0.3 is 14.2 Å². The van der Waals surface area contributed by atoms with Crippen molar-refractivity contribution >= 4 is 0 Å². The van der Waals surface area contributed by atoms with Gasteiger partial charge in [0.1, 0.15) is 0 Å². The third-order valence-electron chi connectivity index (χ3n) is 2.35. The van der Waals surface area contributed by atoms with E-state index in [-0.39, 0.29) is 5.79 Å². The monoisotopic (exact) mass is 160 g/mol. The largest absolute Gasteiger partial charge is 0.384 e. The Hall–Kier alpha value is -0.120. The van der Waals surface area contributed by atoms with E-state index in [1.54, 1.807) is 21.3 Å². The highest BCUT2D eigenvalue weighted by molar-refractivity contribution is 4.87. The van der Waals surface area contributed by atoms with Crippen LogP contribution in [0.25, 0.3) is 0 Å². The maximum Gasteiger partial charge on any atom is 0.168 e. The summed E-state index contributed by atoms with van der Waals surface area (Å²) in [5.41, 5.74) is 0. The summed E-state index contributed by atoms with van der Waals surface area (Å²) < 4.78 is 15.5. The lowest BCUT2D eigenvalue weighted by atomic mass is 9.79. The van der Waals surface area contributed by atoms with Crippen molar-refractivity contribution in [2.24, 2.45) is 5.92 Å². The summed E-state index contributed by atoms with van der Waals surface area (Å²) in [7, 11) is 5.10. The summed E-state index contributed by atoms with van der Waals surface area (Å²) in [4.78, 5) is 0. The number of hydrogen-bond acceptors (Lipinski definition) is 3. The molecule has 0 aliphatic heterocycles. The van der Waals surface area contributed by atoms with Crippen molar-refractivity contribution in [3.05, 3.63) is 0 Å². The van der Waals surface area contributed by atoms with Gasteiger partial charge in [0, 0.05) is 40.8 Å². The lowest BCUT2D eigenvalue weighted by molar-refractivity contribution is -0.274. The van der Waals surface area contributed by atoms with Gasteiger partial charge in [-0.25, -0.2) is 0 Å². The van der Waals surface area contributed by atoms with Gasteiger partial charge in [-0.2, -0.15) is 0 Å². The highest BCUT2D eigenvalue weighted by Gasteiger charge is 2.44. The molecule has 11 heavy (non-hydrogen) atoms. The predicted molar refractivity (Wildman–Crippen MR) is 41.3 cm³/mol. The molecule has 0 spiro atoms. The van der Waals surface area contributed by atoms with Crippen molar-refractivity contribution < 1.29 is 14.2 Å². The molecule has 0 aromatic heterocycles. The van der Waals surface area contributed by atoms with Crippen LogP contribution in [-0.2, 0) is 14.2 Å². The first-order valence-corrected chi connectivity index (χ1v) is 3.85. The molecule has 0 aromatic rings. The molecule has 0 saturated heterocycles. The standard InChI is InChI=1S/C8H16O3/c1-9-6-7-4-8(5-7,10-2)11-3/h7H,4-6H2,1-3H3. The third-order valence-corrected chi connectivity index (χ3v) is 2.35. The van der Waals surface area contributed by atoms with E-state index in [1.807, 2.05) is 0 Å². The molecule has 1 aliphatic rings. The fourth-order valence-electron chi connectivity index (χ4n) is 1.59. The van der Waals surface area contributed by atoms with Crippen LogP contribution in [0.3, 0.4) is 0 Å². The van der Waals surface area contributed by atoms with Crippen LogP contribution in [-0.4, -0.2) is 33.7 Å². The Morgan fingerprint density at radius 1 is 1.18 bits per heavy atom. The Labute approximate surface area is 67.6 Å². The molecule has 3 nitrogen and oxygen atoms in total. The lowest BCUT2D eigenvalue weighted by Crippen LogP contribution is -2.48. The second kappa shape index (κ2) is 3.52. The summed E-state index contributed by atoms with van der Waals surface area (Å²) in [6.07, 6.45) is 1.90. The van der Waals surface area contributed by atoms with Gasteiger partial charge >= 0.3 is 0 Å². The highest BCUT2D eigenvalue weighted by Crippen LogP contribution is 2.40. The van der Waals surface area contributed by atoms with E-state index < -0.39 is 0 Å². The first-order chi connectivity index (χ1) is 5.26. The second-order valence-corrected chi connectivity index (χ2v) is 3.05. The van der Waals surface area contributed by atoms with Crippen LogP contribution in [0.1, 0.15) is 12.8 Å². The van der Waals surface area contributed by atoms with Crippen LogP contribution < -0.4 is 0 Å². The van der Waals surface area contributed by atoms with Crippen LogP contribution in [0.5, 0.6) is 0 Å². The van der Waals surface area contributed by atoms with Crippen LogP contribution in [0.2, 0.25) is 0 Å². The average Bonchev–Trinajstić information content (AvgIpc) is 1.96. The van der Waals surface area contributed by atoms with Gasteiger partial charge in [-0.1, -0.05) is 0 Å². The fourth-order valence-corrected chi connectivity index (χ4v) is 1.59. The van der Waals surface area contributed by atoms with Crippen molar-refractivity contribution in [3.8, 4) is 0 Å². The van der Waals surface area contributed by atoms with Crippen molar-refractivity contribution in [1.82, 2.24) is 0 Å². The Kier molecular flexibility index (Phi) is 2.87. The van der Waals surface area contributed by atoms with Crippen LogP contribution >= 0.6 is 0 Å². The van der Waals surface area contributed by atoms with Gasteiger partial charge in [-0.3, -0.25) is 0 Å². The zero-order valence-electron chi connectivity index (χ0n) is 7.42. The zero-order chi connectivity index (χ0) is 8.32. The van der Waals surface area contributed by atoms with Gasteiger partial charge in [-0.05, 0) is 5.92 Å². The lowest BCUT2D eigenvalue weighted by Gasteiger charge is -2.44. The van der Waals surface area contributed by atoms with Gasteiger partial charge in [0.25, 0.3) is 0 Å². The third kappa shape index (κ3) is 1.72. The number of rotatable bonds is 4. The Bertz CT molecular complexity index is 113. The molecule has 0 atom stereocenters. The molecule has 3 heteroatoms. The summed E-state index contributed by atoms with van der Waals surface area (Å²) in [5, 5.41) is 0. The van der Waals surface area contributed by atoms with Crippen LogP contribution in [0, 0.1) is 5.92 Å². The molecule has 0 bridgehead atoms. The molecule has 0 aromatic carbocycles. The molecule has 0 amide bonds. The molecular weight excluding hydrogens is 144 g/mol. The number of hydrogen-bond donors (Lipinski definition) is 0. The SMILES string of the molecule is COCC1CC(OC)(OC)C1. The molecule has 1 aliphatic carbocycles. The summed E-state index contributed by atoms with van der Waals surface area (Å²) in [6, 6.07) is 0. The fraction of sp³-hybridized carbons (Fsp3) is 1.00. The van der Waals surface area contributed by atoms with Gasteiger partial charge in [-0.15, -0.1) is 0 Å². The Morgan fingerprint density at radius 3 is 2.09 bits per heavy atom. The minimum absolute atomic E-state index is 0.302. The first kappa shape index (κ1) is 8.97. The molecule has 1 saturated carbocycles. The van der Waals surface area contributed by atoms with Crippen molar-refractivity contribution in [1.29, 1.82) is 0 Å². The van der Waals surface area contributed by atoms with Crippen molar-refractivity contribution in [2.45, 2.75) is 18.6 Å². The van der Waals surface area contributed by atoms with E-state index in [0.717, 1.165) is 19.4 Å². The normalized spacial score (nSPS) is 23.2. The smallest absolute Gasteiger partial charge is 0.168 e. The quantitative estimate of drug-likeness (QED) is 0.575. The summed E-state index contributed by atoms with van der Waals surface area (Å²) in [5.74, 6) is 0.309. The van der Waals surface area contributed by atoms with Gasteiger partial charge in [0.05, 0.1) is 0 Å². The van der Waals surface area contributed by atoms with Crippen molar-refractivity contribution in [3.63, 3.8) is 0 Å². The Morgan fingerprint density at radius 2 is 1.73 bits per heavy atom. The topological polar surface area (TPSA) is 27.7 Å². The molecule has 0 N–H and O–H groups in total. The van der Waals surface area contributed by atoms with Crippen LogP contribution in [0.15, 0.2) is 0 Å². The van der Waals surface area contributed by atoms with E-state index in [2.05, 4.69) is 0 Å². The van der Waals surface area contributed by atoms with Crippen LogP contribution in [0.4, 0.5) is 0 Å². The predicted octanol–water partition coefficient (Wildman–Crippen LogP) is 1.03.